The van der Waals surface area contributed by atoms with E-state index in [1.165, 1.54) is 32.1 Å². The molecule has 0 saturated heterocycles. The first-order chi connectivity index (χ1) is 7.52. The van der Waals surface area contributed by atoms with Crippen molar-refractivity contribution in [3.63, 3.8) is 0 Å². The Bertz CT molecular complexity index is 222. The molecule has 1 amide bonds. The van der Waals surface area contributed by atoms with Gasteiger partial charge in [0.05, 0.1) is 6.04 Å². The van der Waals surface area contributed by atoms with Gasteiger partial charge in [0, 0.05) is 6.04 Å². The monoisotopic (exact) mass is 226 g/mol. The fraction of sp³-hybridized carbons (Fsp3) is 0.923. The van der Waals surface area contributed by atoms with Crippen LogP contribution in [0.5, 0.6) is 0 Å². The van der Waals surface area contributed by atoms with Crippen LogP contribution in [0.1, 0.15) is 52.9 Å². The highest BCUT2D eigenvalue weighted by Crippen LogP contribution is 2.31. The molecule has 0 heterocycles. The van der Waals surface area contributed by atoms with Crippen molar-refractivity contribution >= 4 is 5.91 Å². The maximum Gasteiger partial charge on any atom is 0.236 e. The topological polar surface area (TPSA) is 55.1 Å². The summed E-state index contributed by atoms with van der Waals surface area (Å²) in [6.45, 7) is 6.08. The highest BCUT2D eigenvalue weighted by atomic mass is 16.2. The number of carbonyl (C=O) groups is 1. The maximum absolute atomic E-state index is 11.5. The SMILES string of the molecule is CC(NC(=O)[C@H](C)N)C(C)C1CCCCC1. The van der Waals surface area contributed by atoms with Gasteiger partial charge in [-0.1, -0.05) is 39.0 Å². The largest absolute Gasteiger partial charge is 0.352 e. The van der Waals surface area contributed by atoms with E-state index in [1.807, 2.05) is 0 Å². The standard InChI is InChI=1S/C13H26N2O/c1-9(12-7-5-4-6-8-12)11(3)15-13(16)10(2)14/h9-12H,4-8,14H2,1-3H3,(H,15,16)/t9?,10-,11?/m0/s1. The molecule has 1 aliphatic carbocycles. The number of carbonyl (C=O) groups excluding carboxylic acids is 1. The number of hydrogen-bond acceptors (Lipinski definition) is 2. The van der Waals surface area contributed by atoms with Crippen molar-refractivity contribution in [2.45, 2.75) is 65.0 Å². The number of nitrogens with two attached hydrogens (primary N) is 1. The first-order valence-electron chi connectivity index (χ1n) is 6.58. The lowest BCUT2D eigenvalue weighted by Gasteiger charge is -2.32. The molecule has 0 spiro atoms. The zero-order valence-electron chi connectivity index (χ0n) is 10.8. The minimum atomic E-state index is -0.402. The van der Waals surface area contributed by atoms with Crippen molar-refractivity contribution in [2.75, 3.05) is 0 Å². The third-order valence-electron chi connectivity index (χ3n) is 3.97. The summed E-state index contributed by atoms with van der Waals surface area (Å²) in [6, 6.07) is -0.164. The van der Waals surface area contributed by atoms with Crippen LogP contribution in [0, 0.1) is 11.8 Å². The Morgan fingerprint density at radius 3 is 2.25 bits per heavy atom. The smallest absolute Gasteiger partial charge is 0.236 e. The fourth-order valence-electron chi connectivity index (χ4n) is 2.56. The van der Waals surface area contributed by atoms with Crippen LogP contribution in [0.25, 0.3) is 0 Å². The van der Waals surface area contributed by atoms with E-state index in [4.69, 9.17) is 5.73 Å². The van der Waals surface area contributed by atoms with Gasteiger partial charge in [0.15, 0.2) is 0 Å². The van der Waals surface area contributed by atoms with Crippen LogP contribution in [0.3, 0.4) is 0 Å². The minimum absolute atomic E-state index is 0.0323. The molecule has 0 bridgehead atoms. The van der Waals surface area contributed by atoms with Crippen molar-refractivity contribution in [1.82, 2.24) is 5.32 Å². The van der Waals surface area contributed by atoms with Gasteiger partial charge in [0.25, 0.3) is 0 Å². The van der Waals surface area contributed by atoms with E-state index in [2.05, 4.69) is 19.2 Å². The molecule has 0 radical (unpaired) electrons. The summed E-state index contributed by atoms with van der Waals surface area (Å²) in [5.41, 5.74) is 5.55. The number of amides is 1. The average Bonchev–Trinajstić information content (AvgIpc) is 2.28. The molecule has 1 rings (SSSR count). The normalized spacial score (nSPS) is 23.5. The molecule has 0 aromatic rings. The van der Waals surface area contributed by atoms with Crippen molar-refractivity contribution in [2.24, 2.45) is 17.6 Å². The second kappa shape index (κ2) is 6.24. The first kappa shape index (κ1) is 13.5. The Morgan fingerprint density at radius 1 is 1.19 bits per heavy atom. The average molecular weight is 226 g/mol. The van der Waals surface area contributed by atoms with Gasteiger partial charge in [0.2, 0.25) is 5.91 Å². The van der Waals surface area contributed by atoms with Gasteiger partial charge >= 0.3 is 0 Å². The second-order valence-corrected chi connectivity index (χ2v) is 5.34. The van der Waals surface area contributed by atoms with Gasteiger partial charge in [-0.05, 0) is 25.7 Å². The lowest BCUT2D eigenvalue weighted by molar-refractivity contribution is -0.123. The van der Waals surface area contributed by atoms with E-state index in [1.54, 1.807) is 6.92 Å². The van der Waals surface area contributed by atoms with Crippen molar-refractivity contribution in [3.8, 4) is 0 Å². The maximum atomic E-state index is 11.5. The summed E-state index contributed by atoms with van der Waals surface area (Å²) in [7, 11) is 0. The van der Waals surface area contributed by atoms with Gasteiger partial charge < -0.3 is 11.1 Å². The molecule has 0 aromatic carbocycles. The van der Waals surface area contributed by atoms with Gasteiger partial charge in [-0.25, -0.2) is 0 Å². The predicted octanol–water partition coefficient (Wildman–Crippen LogP) is 2.05. The summed E-state index contributed by atoms with van der Waals surface area (Å²) in [4.78, 5) is 11.5. The van der Waals surface area contributed by atoms with E-state index < -0.39 is 6.04 Å². The third-order valence-corrected chi connectivity index (χ3v) is 3.97. The summed E-state index contributed by atoms with van der Waals surface area (Å²) >= 11 is 0. The molecule has 3 heteroatoms. The lowest BCUT2D eigenvalue weighted by Crippen LogP contribution is -2.46. The Kier molecular flexibility index (Phi) is 5.26. The van der Waals surface area contributed by atoms with E-state index in [0.717, 1.165) is 5.92 Å². The fourth-order valence-corrected chi connectivity index (χ4v) is 2.56. The Hall–Kier alpha value is -0.570. The van der Waals surface area contributed by atoms with Crippen LogP contribution in [-0.2, 0) is 4.79 Å². The van der Waals surface area contributed by atoms with Crippen LogP contribution in [-0.4, -0.2) is 18.0 Å². The molecule has 1 aliphatic rings. The van der Waals surface area contributed by atoms with Crippen molar-refractivity contribution in [3.05, 3.63) is 0 Å². The lowest BCUT2D eigenvalue weighted by atomic mass is 9.78. The van der Waals surface area contributed by atoms with Crippen LogP contribution in [0.2, 0.25) is 0 Å². The highest BCUT2D eigenvalue weighted by molar-refractivity contribution is 5.81. The molecule has 94 valence electrons. The zero-order chi connectivity index (χ0) is 12.1. The van der Waals surface area contributed by atoms with E-state index in [9.17, 15) is 4.79 Å². The molecule has 16 heavy (non-hydrogen) atoms. The Morgan fingerprint density at radius 2 is 1.75 bits per heavy atom. The highest BCUT2D eigenvalue weighted by Gasteiger charge is 2.25. The molecule has 3 atom stereocenters. The molecule has 3 N–H and O–H groups in total. The minimum Gasteiger partial charge on any atom is -0.352 e. The van der Waals surface area contributed by atoms with Gasteiger partial charge in [-0.2, -0.15) is 0 Å². The molecule has 1 saturated carbocycles. The molecule has 1 fully saturated rings. The van der Waals surface area contributed by atoms with E-state index in [0.29, 0.717) is 5.92 Å². The predicted molar refractivity (Wildman–Crippen MR) is 67.0 cm³/mol. The van der Waals surface area contributed by atoms with E-state index >= 15 is 0 Å². The summed E-state index contributed by atoms with van der Waals surface area (Å²) < 4.78 is 0. The van der Waals surface area contributed by atoms with Gasteiger partial charge in [-0.3, -0.25) is 4.79 Å². The molecular weight excluding hydrogens is 200 g/mol. The van der Waals surface area contributed by atoms with Crippen LogP contribution in [0.15, 0.2) is 0 Å². The molecule has 3 nitrogen and oxygen atoms in total. The Labute approximate surface area is 99.2 Å². The summed E-state index contributed by atoms with van der Waals surface area (Å²) in [6.07, 6.45) is 6.72. The molecule has 0 aliphatic heterocycles. The van der Waals surface area contributed by atoms with Crippen LogP contribution in [0.4, 0.5) is 0 Å². The number of hydrogen-bond donors (Lipinski definition) is 2. The molecular formula is C13H26N2O. The number of rotatable bonds is 4. The quantitative estimate of drug-likeness (QED) is 0.771. The Balaban J connectivity index is 2.39. The summed E-state index contributed by atoms with van der Waals surface area (Å²) in [5, 5.41) is 3.01. The van der Waals surface area contributed by atoms with Crippen LogP contribution < -0.4 is 11.1 Å². The first-order valence-corrected chi connectivity index (χ1v) is 6.58. The summed E-state index contributed by atoms with van der Waals surface area (Å²) in [5.74, 6) is 1.30. The van der Waals surface area contributed by atoms with Gasteiger partial charge in [0.1, 0.15) is 0 Å². The third kappa shape index (κ3) is 3.78. The van der Waals surface area contributed by atoms with Crippen molar-refractivity contribution < 1.29 is 4.79 Å². The van der Waals surface area contributed by atoms with Gasteiger partial charge in [-0.15, -0.1) is 0 Å². The number of nitrogens with one attached hydrogen (secondary N) is 1. The molecule has 0 aromatic heterocycles. The molecule has 2 unspecified atom stereocenters. The zero-order valence-corrected chi connectivity index (χ0v) is 10.8. The van der Waals surface area contributed by atoms with Crippen molar-refractivity contribution in [1.29, 1.82) is 0 Å². The van der Waals surface area contributed by atoms with E-state index in [-0.39, 0.29) is 11.9 Å². The second-order valence-electron chi connectivity index (χ2n) is 5.34. The van der Waals surface area contributed by atoms with Crippen LogP contribution >= 0.6 is 0 Å².